The largest absolute Gasteiger partial charge is 0.355 e. The molecule has 110 valence electrons. The van der Waals surface area contributed by atoms with Gasteiger partial charge in [0, 0.05) is 12.5 Å². The van der Waals surface area contributed by atoms with Gasteiger partial charge in [-0.15, -0.1) is 0 Å². The van der Waals surface area contributed by atoms with Crippen LogP contribution in [-0.4, -0.2) is 25.5 Å². The summed E-state index contributed by atoms with van der Waals surface area (Å²) < 4.78 is 0. The van der Waals surface area contributed by atoms with Gasteiger partial charge in [0.1, 0.15) is 0 Å². The van der Waals surface area contributed by atoms with Gasteiger partial charge in [-0.1, -0.05) is 39.0 Å². The summed E-state index contributed by atoms with van der Waals surface area (Å²) in [6.07, 6.45) is 11.0. The van der Waals surface area contributed by atoms with Crippen molar-refractivity contribution in [3.8, 4) is 0 Å². The van der Waals surface area contributed by atoms with E-state index in [1.807, 2.05) is 0 Å². The van der Waals surface area contributed by atoms with Gasteiger partial charge in [0.2, 0.25) is 5.91 Å². The molecule has 1 amide bonds. The lowest BCUT2D eigenvalue weighted by molar-refractivity contribution is -0.126. The quantitative estimate of drug-likeness (QED) is 0.824. The van der Waals surface area contributed by atoms with Crippen LogP contribution in [0.1, 0.15) is 64.7 Å². The Kier molecular flexibility index (Phi) is 5.68. The van der Waals surface area contributed by atoms with Gasteiger partial charge < -0.3 is 10.6 Å². The maximum atomic E-state index is 12.3. The molecule has 19 heavy (non-hydrogen) atoms. The first kappa shape index (κ1) is 14.8. The van der Waals surface area contributed by atoms with Crippen LogP contribution in [0.2, 0.25) is 0 Å². The second kappa shape index (κ2) is 7.28. The van der Waals surface area contributed by atoms with Gasteiger partial charge in [0.15, 0.2) is 0 Å². The van der Waals surface area contributed by atoms with Gasteiger partial charge in [0.05, 0.1) is 0 Å². The summed E-state index contributed by atoms with van der Waals surface area (Å²) in [5, 5.41) is 6.64. The molecule has 0 aromatic carbocycles. The van der Waals surface area contributed by atoms with Crippen molar-refractivity contribution in [2.75, 3.05) is 19.6 Å². The fourth-order valence-electron chi connectivity index (χ4n) is 3.37. The van der Waals surface area contributed by atoms with Crippen LogP contribution >= 0.6 is 0 Å². The predicted molar refractivity (Wildman–Crippen MR) is 79.0 cm³/mol. The summed E-state index contributed by atoms with van der Waals surface area (Å²) >= 11 is 0. The number of nitrogens with one attached hydrogen (secondary N) is 2. The SMILES string of the molecule is CC1(CNC(=O)C2CCCCCCC2)CCNCC1. The highest BCUT2D eigenvalue weighted by atomic mass is 16.1. The highest BCUT2D eigenvalue weighted by Gasteiger charge is 2.28. The fourth-order valence-corrected chi connectivity index (χ4v) is 3.37. The average Bonchev–Trinajstić information content (AvgIpc) is 2.37. The van der Waals surface area contributed by atoms with Crippen molar-refractivity contribution < 1.29 is 4.79 Å². The van der Waals surface area contributed by atoms with Crippen molar-refractivity contribution in [1.82, 2.24) is 10.6 Å². The van der Waals surface area contributed by atoms with Crippen molar-refractivity contribution in [2.45, 2.75) is 64.7 Å². The molecule has 2 fully saturated rings. The highest BCUT2D eigenvalue weighted by molar-refractivity contribution is 5.78. The van der Waals surface area contributed by atoms with E-state index in [1.54, 1.807) is 0 Å². The number of hydrogen-bond acceptors (Lipinski definition) is 2. The Labute approximate surface area is 117 Å². The second-order valence-corrected chi connectivity index (χ2v) is 6.82. The third-order valence-corrected chi connectivity index (χ3v) is 4.98. The minimum atomic E-state index is 0.283. The van der Waals surface area contributed by atoms with E-state index in [9.17, 15) is 4.79 Å². The minimum Gasteiger partial charge on any atom is -0.355 e. The third kappa shape index (κ3) is 4.79. The van der Waals surface area contributed by atoms with E-state index in [0.717, 1.165) is 32.5 Å². The molecular formula is C16H30N2O. The highest BCUT2D eigenvalue weighted by Crippen LogP contribution is 2.27. The number of rotatable bonds is 3. The summed E-state index contributed by atoms with van der Waals surface area (Å²) in [7, 11) is 0. The van der Waals surface area contributed by atoms with Gasteiger partial charge in [-0.25, -0.2) is 0 Å². The normalized spacial score (nSPS) is 25.3. The standard InChI is InChI=1S/C16H30N2O/c1-16(9-11-17-12-10-16)13-18-15(19)14-7-5-3-2-4-6-8-14/h14,17H,2-13H2,1H3,(H,18,19). The van der Waals surface area contributed by atoms with E-state index in [4.69, 9.17) is 0 Å². The van der Waals surface area contributed by atoms with E-state index in [-0.39, 0.29) is 5.92 Å². The van der Waals surface area contributed by atoms with Crippen LogP contribution in [0, 0.1) is 11.3 Å². The molecule has 1 saturated heterocycles. The monoisotopic (exact) mass is 266 g/mol. The Morgan fingerprint density at radius 1 is 1.11 bits per heavy atom. The average molecular weight is 266 g/mol. The fraction of sp³-hybridized carbons (Fsp3) is 0.938. The summed E-state index contributed by atoms with van der Waals surface area (Å²) in [6, 6.07) is 0. The Balaban J connectivity index is 1.75. The Hall–Kier alpha value is -0.570. The topological polar surface area (TPSA) is 41.1 Å². The number of piperidine rings is 1. The lowest BCUT2D eigenvalue weighted by Gasteiger charge is -2.34. The minimum absolute atomic E-state index is 0.283. The zero-order chi connectivity index (χ0) is 13.6. The zero-order valence-electron chi connectivity index (χ0n) is 12.5. The van der Waals surface area contributed by atoms with Gasteiger partial charge >= 0.3 is 0 Å². The molecule has 0 spiro atoms. The van der Waals surface area contributed by atoms with Crippen LogP contribution in [0.4, 0.5) is 0 Å². The summed E-state index contributed by atoms with van der Waals surface area (Å²) in [5.41, 5.74) is 0.308. The van der Waals surface area contributed by atoms with Gasteiger partial charge in [-0.05, 0) is 44.2 Å². The number of carbonyl (C=O) groups excluding carboxylic acids is 1. The van der Waals surface area contributed by atoms with Crippen molar-refractivity contribution in [3.63, 3.8) is 0 Å². The van der Waals surface area contributed by atoms with E-state index >= 15 is 0 Å². The molecule has 3 nitrogen and oxygen atoms in total. The molecule has 0 bridgehead atoms. The molecule has 0 unspecified atom stereocenters. The van der Waals surface area contributed by atoms with E-state index in [0.29, 0.717) is 11.3 Å². The molecule has 3 heteroatoms. The van der Waals surface area contributed by atoms with E-state index in [1.165, 1.54) is 44.9 Å². The van der Waals surface area contributed by atoms with Crippen LogP contribution in [0.5, 0.6) is 0 Å². The first-order valence-electron chi connectivity index (χ1n) is 8.18. The first-order chi connectivity index (χ1) is 9.20. The maximum Gasteiger partial charge on any atom is 0.223 e. The Bertz CT molecular complexity index is 276. The van der Waals surface area contributed by atoms with Crippen LogP contribution in [0.25, 0.3) is 0 Å². The molecule has 1 aliphatic carbocycles. The molecule has 1 aliphatic heterocycles. The number of carbonyl (C=O) groups is 1. The van der Waals surface area contributed by atoms with Crippen LogP contribution in [0.15, 0.2) is 0 Å². The molecule has 0 aromatic rings. The smallest absolute Gasteiger partial charge is 0.223 e. The zero-order valence-corrected chi connectivity index (χ0v) is 12.5. The molecule has 1 heterocycles. The maximum absolute atomic E-state index is 12.3. The van der Waals surface area contributed by atoms with Gasteiger partial charge in [-0.2, -0.15) is 0 Å². The van der Waals surface area contributed by atoms with Crippen molar-refractivity contribution in [2.24, 2.45) is 11.3 Å². The number of hydrogen-bond donors (Lipinski definition) is 2. The molecule has 2 N–H and O–H groups in total. The van der Waals surface area contributed by atoms with Crippen LogP contribution in [0.3, 0.4) is 0 Å². The van der Waals surface area contributed by atoms with Gasteiger partial charge in [0.25, 0.3) is 0 Å². The van der Waals surface area contributed by atoms with E-state index in [2.05, 4.69) is 17.6 Å². The molecule has 0 radical (unpaired) electrons. The summed E-state index contributed by atoms with van der Waals surface area (Å²) in [4.78, 5) is 12.3. The molecule has 2 rings (SSSR count). The Morgan fingerprint density at radius 3 is 2.32 bits per heavy atom. The predicted octanol–water partition coefficient (Wildman–Crippen LogP) is 2.85. The molecule has 0 atom stereocenters. The summed E-state index contributed by atoms with van der Waals surface area (Å²) in [6.45, 7) is 5.36. The molecule has 1 saturated carbocycles. The number of amides is 1. The summed E-state index contributed by atoms with van der Waals surface area (Å²) in [5.74, 6) is 0.604. The molecule has 0 aromatic heterocycles. The third-order valence-electron chi connectivity index (χ3n) is 4.98. The van der Waals surface area contributed by atoms with E-state index < -0.39 is 0 Å². The molecule has 2 aliphatic rings. The van der Waals surface area contributed by atoms with Crippen molar-refractivity contribution in [3.05, 3.63) is 0 Å². The first-order valence-corrected chi connectivity index (χ1v) is 8.18. The lowest BCUT2D eigenvalue weighted by atomic mass is 9.80. The molecular weight excluding hydrogens is 236 g/mol. The van der Waals surface area contributed by atoms with Gasteiger partial charge in [-0.3, -0.25) is 4.79 Å². The second-order valence-electron chi connectivity index (χ2n) is 6.82. The Morgan fingerprint density at radius 2 is 1.68 bits per heavy atom. The van der Waals surface area contributed by atoms with Crippen molar-refractivity contribution >= 4 is 5.91 Å². The van der Waals surface area contributed by atoms with Crippen molar-refractivity contribution in [1.29, 1.82) is 0 Å². The lowest BCUT2D eigenvalue weighted by Crippen LogP contribution is -2.44. The van der Waals surface area contributed by atoms with Crippen LogP contribution < -0.4 is 10.6 Å². The van der Waals surface area contributed by atoms with Crippen LogP contribution in [-0.2, 0) is 4.79 Å².